The Morgan fingerprint density at radius 2 is 2.00 bits per heavy atom. The van der Waals surface area contributed by atoms with Crippen LogP contribution in [-0.2, 0) is 16.6 Å². The Bertz CT molecular complexity index is 573. The van der Waals surface area contributed by atoms with E-state index in [1.54, 1.807) is 10.4 Å². The van der Waals surface area contributed by atoms with Crippen molar-refractivity contribution in [3.8, 4) is 0 Å². The van der Waals surface area contributed by atoms with E-state index in [-0.39, 0.29) is 0 Å². The van der Waals surface area contributed by atoms with Crippen molar-refractivity contribution in [2.45, 2.75) is 30.5 Å². The second-order valence-electron chi connectivity index (χ2n) is 5.99. The molecule has 2 rings (SSSR count). The quantitative estimate of drug-likeness (QED) is 0.887. The van der Waals surface area contributed by atoms with Crippen LogP contribution in [0.25, 0.3) is 0 Å². The first-order chi connectivity index (χ1) is 9.84. The highest BCUT2D eigenvalue weighted by atomic mass is 32.2. The summed E-state index contributed by atoms with van der Waals surface area (Å²) in [4.78, 5) is 3.13. The van der Waals surface area contributed by atoms with Gasteiger partial charge < -0.3 is 10.6 Å². The molecule has 1 aliphatic rings. The Kier molecular flexibility index (Phi) is 5.43. The lowest BCUT2D eigenvalue weighted by atomic mass is 9.98. The molecule has 0 unspecified atom stereocenters. The monoisotopic (exact) mass is 331 g/mol. The van der Waals surface area contributed by atoms with Gasteiger partial charge in [0.25, 0.3) is 10.0 Å². The van der Waals surface area contributed by atoms with Crippen LogP contribution >= 0.6 is 11.3 Å². The van der Waals surface area contributed by atoms with E-state index in [9.17, 15) is 8.42 Å². The molecule has 2 N–H and O–H groups in total. The average Bonchev–Trinajstić information content (AvgIpc) is 2.80. The van der Waals surface area contributed by atoms with Crippen LogP contribution in [-0.4, -0.2) is 51.4 Å². The van der Waals surface area contributed by atoms with Crippen molar-refractivity contribution >= 4 is 21.4 Å². The zero-order chi connectivity index (χ0) is 15.6. The number of hydrogen-bond acceptors (Lipinski definition) is 5. The van der Waals surface area contributed by atoms with Crippen LogP contribution in [0, 0.1) is 12.8 Å². The van der Waals surface area contributed by atoms with Gasteiger partial charge in [0, 0.05) is 31.1 Å². The van der Waals surface area contributed by atoms with Crippen LogP contribution in [0.5, 0.6) is 0 Å². The van der Waals surface area contributed by atoms with Crippen LogP contribution in [0.15, 0.2) is 10.3 Å². The summed E-state index contributed by atoms with van der Waals surface area (Å²) in [5.41, 5.74) is 6.62. The van der Waals surface area contributed by atoms with Crippen molar-refractivity contribution < 1.29 is 8.42 Å². The molecule has 5 nitrogen and oxygen atoms in total. The molecule has 1 saturated heterocycles. The molecule has 1 fully saturated rings. The van der Waals surface area contributed by atoms with Gasteiger partial charge in [-0.15, -0.1) is 11.3 Å². The standard InChI is InChI=1S/C14H25N3O2S2/c1-11-8-14(20-13(11)9-15)21(18,19)17-6-4-12(5-7-17)10-16(2)3/h8,12H,4-7,9-10,15H2,1-3H3. The maximum absolute atomic E-state index is 12.7. The Hall–Kier alpha value is -0.470. The number of rotatable bonds is 5. The number of piperidine rings is 1. The molecule has 7 heteroatoms. The van der Waals surface area contributed by atoms with E-state index in [0.29, 0.717) is 29.8 Å². The molecule has 2 heterocycles. The van der Waals surface area contributed by atoms with Gasteiger partial charge >= 0.3 is 0 Å². The van der Waals surface area contributed by atoms with Gasteiger partial charge in [-0.05, 0) is 51.4 Å². The van der Waals surface area contributed by atoms with Gasteiger partial charge in [0.05, 0.1) is 0 Å². The lowest BCUT2D eigenvalue weighted by Crippen LogP contribution is -2.40. The minimum absolute atomic E-state index is 0.400. The van der Waals surface area contributed by atoms with Gasteiger partial charge in [-0.3, -0.25) is 0 Å². The fourth-order valence-electron chi connectivity index (χ4n) is 2.79. The molecule has 0 aliphatic carbocycles. The minimum atomic E-state index is -3.34. The molecule has 0 radical (unpaired) electrons. The lowest BCUT2D eigenvalue weighted by Gasteiger charge is -2.32. The molecular weight excluding hydrogens is 306 g/mol. The summed E-state index contributed by atoms with van der Waals surface area (Å²) in [5, 5.41) is 0. The minimum Gasteiger partial charge on any atom is -0.326 e. The van der Waals surface area contributed by atoms with Gasteiger partial charge in [-0.2, -0.15) is 4.31 Å². The molecule has 1 aromatic heterocycles. The van der Waals surface area contributed by atoms with Crippen LogP contribution in [0.2, 0.25) is 0 Å². The van der Waals surface area contributed by atoms with E-state index in [4.69, 9.17) is 5.73 Å². The second-order valence-corrected chi connectivity index (χ2v) is 9.29. The van der Waals surface area contributed by atoms with Gasteiger partial charge in [0.1, 0.15) is 4.21 Å². The smallest absolute Gasteiger partial charge is 0.252 e. The topological polar surface area (TPSA) is 66.6 Å². The number of sulfonamides is 1. The molecule has 1 aromatic rings. The van der Waals surface area contributed by atoms with E-state index in [2.05, 4.69) is 19.0 Å². The summed E-state index contributed by atoms with van der Waals surface area (Å²) in [6, 6.07) is 1.76. The number of hydrogen-bond donors (Lipinski definition) is 1. The first kappa shape index (κ1) is 16.9. The predicted octanol–water partition coefficient (Wildman–Crippen LogP) is 1.48. The first-order valence-electron chi connectivity index (χ1n) is 7.29. The summed E-state index contributed by atoms with van der Waals surface area (Å²) in [7, 11) is 0.780. The third-order valence-corrected chi connectivity index (χ3v) is 7.58. The normalized spacial score (nSPS) is 18.5. The van der Waals surface area contributed by atoms with Gasteiger partial charge in [-0.1, -0.05) is 0 Å². The lowest BCUT2D eigenvalue weighted by molar-refractivity contribution is 0.225. The highest BCUT2D eigenvalue weighted by Gasteiger charge is 2.31. The van der Waals surface area contributed by atoms with E-state index in [1.807, 2.05) is 6.92 Å². The Balaban J connectivity index is 2.07. The van der Waals surface area contributed by atoms with Crippen molar-refractivity contribution in [3.63, 3.8) is 0 Å². The Morgan fingerprint density at radius 3 is 2.48 bits per heavy atom. The fourth-order valence-corrected chi connectivity index (χ4v) is 5.89. The number of thiophene rings is 1. The summed E-state index contributed by atoms with van der Waals surface area (Å²) in [5.74, 6) is 0.594. The first-order valence-corrected chi connectivity index (χ1v) is 9.54. The maximum atomic E-state index is 12.7. The van der Waals surface area contributed by atoms with Gasteiger partial charge in [-0.25, -0.2) is 8.42 Å². The molecule has 0 saturated carbocycles. The van der Waals surface area contributed by atoms with E-state index in [0.717, 1.165) is 29.8 Å². The Morgan fingerprint density at radius 1 is 1.38 bits per heavy atom. The summed E-state index contributed by atoms with van der Waals surface area (Å²) in [6.07, 6.45) is 1.87. The highest BCUT2D eigenvalue weighted by Crippen LogP contribution is 2.30. The number of aryl methyl sites for hydroxylation is 1. The largest absolute Gasteiger partial charge is 0.326 e. The molecule has 21 heavy (non-hydrogen) atoms. The molecule has 0 atom stereocenters. The molecule has 0 aromatic carbocycles. The maximum Gasteiger partial charge on any atom is 0.252 e. The van der Waals surface area contributed by atoms with Crippen molar-refractivity contribution in [2.75, 3.05) is 33.7 Å². The fraction of sp³-hybridized carbons (Fsp3) is 0.714. The molecule has 0 bridgehead atoms. The SMILES string of the molecule is Cc1cc(S(=O)(=O)N2CCC(CN(C)C)CC2)sc1CN. The number of nitrogens with two attached hydrogens (primary N) is 1. The zero-order valence-electron chi connectivity index (χ0n) is 13.0. The second kappa shape index (κ2) is 6.75. The summed E-state index contributed by atoms with van der Waals surface area (Å²) < 4.78 is 27.4. The van der Waals surface area contributed by atoms with Crippen LogP contribution in [0.1, 0.15) is 23.3 Å². The van der Waals surface area contributed by atoms with E-state index < -0.39 is 10.0 Å². The average molecular weight is 332 g/mol. The van der Waals surface area contributed by atoms with Crippen molar-refractivity contribution in [2.24, 2.45) is 11.7 Å². The van der Waals surface area contributed by atoms with Gasteiger partial charge in [0.15, 0.2) is 0 Å². The Labute approximate surface area is 131 Å². The van der Waals surface area contributed by atoms with E-state index in [1.165, 1.54) is 11.3 Å². The molecule has 1 aliphatic heterocycles. The van der Waals surface area contributed by atoms with Gasteiger partial charge in [0.2, 0.25) is 0 Å². The molecule has 0 amide bonds. The highest BCUT2D eigenvalue weighted by molar-refractivity contribution is 7.91. The molecule has 0 spiro atoms. The third-order valence-electron chi connectivity index (χ3n) is 3.97. The van der Waals surface area contributed by atoms with Crippen LogP contribution in [0.4, 0.5) is 0 Å². The zero-order valence-corrected chi connectivity index (χ0v) is 14.6. The summed E-state index contributed by atoms with van der Waals surface area (Å²) in [6.45, 7) is 4.59. The van der Waals surface area contributed by atoms with E-state index >= 15 is 0 Å². The molecular formula is C14H25N3O2S2. The number of nitrogens with zero attached hydrogens (tertiary/aromatic N) is 2. The third kappa shape index (κ3) is 3.84. The predicted molar refractivity (Wildman–Crippen MR) is 87.0 cm³/mol. The van der Waals surface area contributed by atoms with Crippen molar-refractivity contribution in [3.05, 3.63) is 16.5 Å². The van der Waals surface area contributed by atoms with Crippen molar-refractivity contribution in [1.29, 1.82) is 0 Å². The van der Waals surface area contributed by atoms with Crippen molar-refractivity contribution in [1.82, 2.24) is 9.21 Å². The van der Waals surface area contributed by atoms with Crippen LogP contribution < -0.4 is 5.73 Å². The van der Waals surface area contributed by atoms with Crippen LogP contribution in [0.3, 0.4) is 0 Å². The summed E-state index contributed by atoms with van der Waals surface area (Å²) >= 11 is 1.31. The molecule has 120 valence electrons.